The lowest BCUT2D eigenvalue weighted by atomic mass is 10.2. The topological polar surface area (TPSA) is 79.2 Å². The second kappa shape index (κ2) is 8.53. The van der Waals surface area contributed by atoms with E-state index in [1.54, 1.807) is 4.68 Å². The van der Waals surface area contributed by atoms with E-state index in [0.717, 1.165) is 19.3 Å². The summed E-state index contributed by atoms with van der Waals surface area (Å²) in [6.07, 6.45) is 7.13. The number of carbonyl (C=O) groups is 1. The first-order chi connectivity index (χ1) is 9.11. The molecule has 1 unspecified atom stereocenters. The number of hydrogen-bond donors (Lipinski definition) is 3. The summed E-state index contributed by atoms with van der Waals surface area (Å²) in [6.45, 7) is 2.75. The van der Waals surface area contributed by atoms with Crippen molar-refractivity contribution in [3.63, 3.8) is 0 Å². The normalized spacial score (nSPS) is 12.2. The Bertz CT molecular complexity index is 378. The molecule has 1 rings (SSSR count). The Morgan fingerprint density at radius 1 is 1.53 bits per heavy atom. The van der Waals surface area contributed by atoms with Gasteiger partial charge in [-0.1, -0.05) is 0 Å². The molecular formula is C13H24N4O2. The van der Waals surface area contributed by atoms with Crippen molar-refractivity contribution in [2.45, 2.75) is 38.6 Å². The first kappa shape index (κ1) is 15.5. The molecule has 0 saturated carbocycles. The Morgan fingerprint density at radius 3 is 2.95 bits per heavy atom. The van der Waals surface area contributed by atoms with E-state index in [2.05, 4.69) is 15.7 Å². The summed E-state index contributed by atoms with van der Waals surface area (Å²) < 4.78 is 1.78. The van der Waals surface area contributed by atoms with Crippen molar-refractivity contribution < 1.29 is 9.90 Å². The molecular weight excluding hydrogens is 244 g/mol. The molecule has 0 aromatic carbocycles. The predicted molar refractivity (Wildman–Crippen MR) is 73.8 cm³/mol. The molecule has 2 amide bonds. The van der Waals surface area contributed by atoms with Gasteiger partial charge in [-0.2, -0.15) is 5.10 Å². The number of rotatable bonds is 8. The quantitative estimate of drug-likeness (QED) is 0.611. The molecule has 0 aliphatic carbocycles. The van der Waals surface area contributed by atoms with Crippen LogP contribution in [0.4, 0.5) is 4.79 Å². The fourth-order valence-corrected chi connectivity index (χ4v) is 1.84. The number of hydrogen-bond acceptors (Lipinski definition) is 3. The Kier molecular flexibility index (Phi) is 6.95. The van der Waals surface area contributed by atoms with Crippen LogP contribution in [0.3, 0.4) is 0 Å². The van der Waals surface area contributed by atoms with Gasteiger partial charge in [-0.3, -0.25) is 4.68 Å². The molecule has 108 valence electrons. The molecule has 0 aliphatic heterocycles. The smallest absolute Gasteiger partial charge is 0.314 e. The van der Waals surface area contributed by atoms with E-state index in [1.165, 1.54) is 5.56 Å². The number of aliphatic hydroxyl groups excluding tert-OH is 1. The molecule has 0 spiro atoms. The zero-order valence-electron chi connectivity index (χ0n) is 11.7. The van der Waals surface area contributed by atoms with E-state index >= 15 is 0 Å². The molecule has 0 bridgehead atoms. The van der Waals surface area contributed by atoms with Crippen LogP contribution in [0.15, 0.2) is 12.4 Å². The number of urea groups is 1. The van der Waals surface area contributed by atoms with Gasteiger partial charge in [0.2, 0.25) is 0 Å². The number of aliphatic hydroxyl groups is 1. The van der Waals surface area contributed by atoms with Gasteiger partial charge >= 0.3 is 6.03 Å². The third-order valence-corrected chi connectivity index (χ3v) is 2.86. The third kappa shape index (κ3) is 6.81. The molecule has 19 heavy (non-hydrogen) atoms. The van der Waals surface area contributed by atoms with Gasteiger partial charge in [0, 0.05) is 32.4 Å². The number of nitrogens with zero attached hydrogens (tertiary/aromatic N) is 2. The molecule has 1 heterocycles. The van der Waals surface area contributed by atoms with Crippen LogP contribution >= 0.6 is 0 Å². The lowest BCUT2D eigenvalue weighted by Gasteiger charge is -2.13. The van der Waals surface area contributed by atoms with Gasteiger partial charge in [-0.05, 0) is 38.2 Å². The van der Waals surface area contributed by atoms with Gasteiger partial charge < -0.3 is 15.7 Å². The van der Waals surface area contributed by atoms with Crippen molar-refractivity contribution in [3.8, 4) is 0 Å². The zero-order valence-corrected chi connectivity index (χ0v) is 11.7. The molecule has 0 radical (unpaired) electrons. The summed E-state index contributed by atoms with van der Waals surface area (Å²) >= 11 is 0. The van der Waals surface area contributed by atoms with Crippen molar-refractivity contribution in [2.24, 2.45) is 7.05 Å². The fraction of sp³-hybridized carbons (Fsp3) is 0.692. The second-order valence-electron chi connectivity index (χ2n) is 4.79. The molecule has 0 saturated heterocycles. The van der Waals surface area contributed by atoms with Crippen LogP contribution in [0, 0.1) is 0 Å². The van der Waals surface area contributed by atoms with E-state index in [4.69, 9.17) is 5.11 Å². The third-order valence-electron chi connectivity index (χ3n) is 2.86. The van der Waals surface area contributed by atoms with Crippen LogP contribution in [0.25, 0.3) is 0 Å². The van der Waals surface area contributed by atoms with Gasteiger partial charge in [-0.15, -0.1) is 0 Å². The Labute approximate surface area is 114 Å². The van der Waals surface area contributed by atoms with E-state index in [1.807, 2.05) is 26.4 Å². The molecule has 3 N–H and O–H groups in total. The summed E-state index contributed by atoms with van der Waals surface area (Å²) in [7, 11) is 1.89. The van der Waals surface area contributed by atoms with Crippen molar-refractivity contribution in [2.75, 3.05) is 13.2 Å². The number of aromatic nitrogens is 2. The number of nitrogens with one attached hydrogen (secondary N) is 2. The molecule has 1 aromatic heterocycles. The summed E-state index contributed by atoms with van der Waals surface area (Å²) in [4.78, 5) is 11.5. The van der Waals surface area contributed by atoms with Gasteiger partial charge in [0.1, 0.15) is 0 Å². The molecule has 0 fully saturated rings. The molecule has 1 aromatic rings. The monoisotopic (exact) mass is 268 g/mol. The summed E-state index contributed by atoms with van der Waals surface area (Å²) in [5, 5.41) is 18.5. The standard InChI is InChI=1S/C13H24N4O2/c1-11(5-4-8-18)16-13(19)14-7-3-6-12-9-15-17(2)10-12/h9-11,18H,3-8H2,1-2H3,(H2,14,16,19). The SMILES string of the molecule is CC(CCCO)NC(=O)NCCCc1cnn(C)c1. The minimum absolute atomic E-state index is 0.0884. The van der Waals surface area contributed by atoms with E-state index < -0.39 is 0 Å². The van der Waals surface area contributed by atoms with E-state index in [-0.39, 0.29) is 18.7 Å². The van der Waals surface area contributed by atoms with E-state index in [0.29, 0.717) is 13.0 Å². The van der Waals surface area contributed by atoms with Gasteiger partial charge in [-0.25, -0.2) is 4.79 Å². The largest absolute Gasteiger partial charge is 0.396 e. The van der Waals surface area contributed by atoms with Crippen LogP contribution in [-0.2, 0) is 13.5 Å². The first-order valence-corrected chi connectivity index (χ1v) is 6.74. The van der Waals surface area contributed by atoms with Crippen LogP contribution in [0.2, 0.25) is 0 Å². The highest BCUT2D eigenvalue weighted by Crippen LogP contribution is 2.00. The summed E-state index contributed by atoms with van der Waals surface area (Å²) in [6, 6.07) is -0.0536. The Balaban J connectivity index is 2.07. The van der Waals surface area contributed by atoms with Crippen molar-refractivity contribution in [3.05, 3.63) is 18.0 Å². The summed E-state index contributed by atoms with van der Waals surface area (Å²) in [5.41, 5.74) is 1.18. The molecule has 1 atom stereocenters. The highest BCUT2D eigenvalue weighted by atomic mass is 16.3. The van der Waals surface area contributed by atoms with Gasteiger partial charge in [0.15, 0.2) is 0 Å². The minimum atomic E-state index is -0.142. The highest BCUT2D eigenvalue weighted by Gasteiger charge is 2.05. The van der Waals surface area contributed by atoms with Gasteiger partial charge in [0.25, 0.3) is 0 Å². The maximum Gasteiger partial charge on any atom is 0.314 e. The Morgan fingerprint density at radius 2 is 2.32 bits per heavy atom. The van der Waals surface area contributed by atoms with Crippen LogP contribution in [0.5, 0.6) is 0 Å². The lowest BCUT2D eigenvalue weighted by molar-refractivity contribution is 0.234. The van der Waals surface area contributed by atoms with Crippen molar-refractivity contribution in [1.82, 2.24) is 20.4 Å². The number of carbonyl (C=O) groups excluding carboxylic acids is 1. The molecule has 6 nitrogen and oxygen atoms in total. The van der Waals surface area contributed by atoms with Gasteiger partial charge in [0.05, 0.1) is 6.20 Å². The zero-order chi connectivity index (χ0) is 14.1. The summed E-state index contributed by atoms with van der Waals surface area (Å²) in [5.74, 6) is 0. The molecule has 6 heteroatoms. The average Bonchev–Trinajstić information content (AvgIpc) is 2.78. The Hall–Kier alpha value is -1.56. The lowest BCUT2D eigenvalue weighted by Crippen LogP contribution is -2.41. The maximum absolute atomic E-state index is 11.5. The van der Waals surface area contributed by atoms with E-state index in [9.17, 15) is 4.79 Å². The highest BCUT2D eigenvalue weighted by molar-refractivity contribution is 5.74. The second-order valence-corrected chi connectivity index (χ2v) is 4.79. The predicted octanol–water partition coefficient (Wildman–Crippen LogP) is 0.813. The van der Waals surface area contributed by atoms with Crippen LogP contribution in [0.1, 0.15) is 31.7 Å². The van der Waals surface area contributed by atoms with Crippen LogP contribution < -0.4 is 10.6 Å². The van der Waals surface area contributed by atoms with Crippen molar-refractivity contribution >= 4 is 6.03 Å². The fourth-order valence-electron chi connectivity index (χ4n) is 1.84. The number of amides is 2. The average molecular weight is 268 g/mol. The van der Waals surface area contributed by atoms with Crippen LogP contribution in [-0.4, -0.2) is 40.1 Å². The minimum Gasteiger partial charge on any atom is -0.396 e. The maximum atomic E-state index is 11.5. The first-order valence-electron chi connectivity index (χ1n) is 6.74. The number of aryl methyl sites for hydroxylation is 2. The molecule has 0 aliphatic rings. The van der Waals surface area contributed by atoms with Crippen molar-refractivity contribution in [1.29, 1.82) is 0 Å².